The number of halogens is 1. The lowest BCUT2D eigenvalue weighted by Gasteiger charge is -2.11. The molecule has 1 unspecified atom stereocenters. The lowest BCUT2D eigenvalue weighted by atomic mass is 10.2. The van der Waals surface area contributed by atoms with Gasteiger partial charge in [-0.25, -0.2) is 4.79 Å². The fraction of sp³-hybridized carbons (Fsp3) is 0.385. The summed E-state index contributed by atoms with van der Waals surface area (Å²) < 4.78 is 4.90. The van der Waals surface area contributed by atoms with E-state index >= 15 is 0 Å². The highest BCUT2D eigenvalue weighted by Gasteiger charge is 2.19. The molecule has 5 heteroatoms. The SMILES string of the molecule is CCCCOC(=O)C(Cl)NC(=O)c1ccccc1. The highest BCUT2D eigenvalue weighted by atomic mass is 35.5. The van der Waals surface area contributed by atoms with Gasteiger partial charge in [0.05, 0.1) is 6.61 Å². The number of nitrogens with one attached hydrogen (secondary N) is 1. The van der Waals surface area contributed by atoms with Crippen molar-refractivity contribution in [2.24, 2.45) is 0 Å². The Bertz CT molecular complexity index is 394. The Labute approximate surface area is 111 Å². The van der Waals surface area contributed by atoms with E-state index in [-0.39, 0.29) is 0 Å². The third kappa shape index (κ3) is 4.75. The molecule has 0 aromatic heterocycles. The monoisotopic (exact) mass is 269 g/mol. The Balaban J connectivity index is 2.42. The van der Waals surface area contributed by atoms with E-state index in [1.807, 2.05) is 6.92 Å². The molecule has 1 amide bonds. The van der Waals surface area contributed by atoms with Gasteiger partial charge in [0, 0.05) is 5.56 Å². The van der Waals surface area contributed by atoms with Crippen LogP contribution in [0.5, 0.6) is 0 Å². The van der Waals surface area contributed by atoms with Crippen molar-refractivity contribution in [1.29, 1.82) is 0 Å². The second-order valence-corrected chi connectivity index (χ2v) is 4.16. The van der Waals surface area contributed by atoms with Gasteiger partial charge in [0.1, 0.15) is 0 Å². The second kappa shape index (κ2) is 7.71. The number of esters is 1. The summed E-state index contributed by atoms with van der Waals surface area (Å²) in [7, 11) is 0. The van der Waals surface area contributed by atoms with Crippen LogP contribution in [0.15, 0.2) is 30.3 Å². The number of carbonyl (C=O) groups excluding carboxylic acids is 2. The molecular weight excluding hydrogens is 254 g/mol. The summed E-state index contributed by atoms with van der Waals surface area (Å²) in [4.78, 5) is 23.1. The topological polar surface area (TPSA) is 55.4 Å². The van der Waals surface area contributed by atoms with Crippen molar-refractivity contribution in [2.75, 3.05) is 6.61 Å². The van der Waals surface area contributed by atoms with Crippen LogP contribution in [0.3, 0.4) is 0 Å². The minimum atomic E-state index is -1.16. The van der Waals surface area contributed by atoms with Gasteiger partial charge < -0.3 is 10.1 Å². The van der Waals surface area contributed by atoms with Gasteiger partial charge in [-0.05, 0) is 18.6 Å². The number of carbonyl (C=O) groups is 2. The Hall–Kier alpha value is -1.55. The lowest BCUT2D eigenvalue weighted by molar-refractivity contribution is -0.143. The van der Waals surface area contributed by atoms with Crippen molar-refractivity contribution in [3.63, 3.8) is 0 Å². The van der Waals surface area contributed by atoms with Gasteiger partial charge in [-0.1, -0.05) is 43.1 Å². The van der Waals surface area contributed by atoms with Gasteiger partial charge in [0.2, 0.25) is 5.50 Å². The van der Waals surface area contributed by atoms with Crippen LogP contribution in [0.25, 0.3) is 0 Å². The van der Waals surface area contributed by atoms with E-state index in [2.05, 4.69) is 5.32 Å². The van der Waals surface area contributed by atoms with E-state index in [0.717, 1.165) is 12.8 Å². The molecule has 4 nitrogen and oxygen atoms in total. The van der Waals surface area contributed by atoms with Crippen molar-refractivity contribution in [2.45, 2.75) is 25.3 Å². The minimum Gasteiger partial charge on any atom is -0.463 e. The zero-order chi connectivity index (χ0) is 13.4. The summed E-state index contributed by atoms with van der Waals surface area (Å²) in [5.41, 5.74) is -0.709. The normalized spacial score (nSPS) is 11.7. The smallest absolute Gasteiger partial charge is 0.344 e. The van der Waals surface area contributed by atoms with Gasteiger partial charge in [-0.3, -0.25) is 4.79 Å². The number of benzene rings is 1. The molecule has 0 heterocycles. The van der Waals surface area contributed by atoms with E-state index in [0.29, 0.717) is 12.2 Å². The zero-order valence-electron chi connectivity index (χ0n) is 10.2. The Morgan fingerprint density at radius 1 is 1.33 bits per heavy atom. The third-order valence-corrected chi connectivity index (χ3v) is 2.53. The molecule has 1 aromatic rings. The first kappa shape index (κ1) is 14.5. The van der Waals surface area contributed by atoms with Crippen LogP contribution in [0.1, 0.15) is 30.1 Å². The highest BCUT2D eigenvalue weighted by molar-refractivity contribution is 6.30. The van der Waals surface area contributed by atoms with Crippen LogP contribution >= 0.6 is 11.6 Å². The number of unbranched alkanes of at least 4 members (excludes halogenated alkanes) is 1. The molecule has 0 saturated heterocycles. The Morgan fingerprint density at radius 3 is 2.61 bits per heavy atom. The number of hydrogen-bond acceptors (Lipinski definition) is 3. The largest absolute Gasteiger partial charge is 0.463 e. The van der Waals surface area contributed by atoms with E-state index in [4.69, 9.17) is 16.3 Å². The summed E-state index contributed by atoms with van der Waals surface area (Å²) in [6, 6.07) is 8.55. The highest BCUT2D eigenvalue weighted by Crippen LogP contribution is 2.02. The molecule has 0 radical (unpaired) electrons. The fourth-order valence-electron chi connectivity index (χ4n) is 1.24. The molecule has 1 rings (SSSR count). The molecule has 0 spiro atoms. The maximum absolute atomic E-state index is 11.7. The number of amides is 1. The minimum absolute atomic E-state index is 0.319. The summed E-state index contributed by atoms with van der Waals surface area (Å²) in [5.74, 6) is -1.03. The van der Waals surface area contributed by atoms with E-state index in [9.17, 15) is 9.59 Å². The van der Waals surface area contributed by atoms with Gasteiger partial charge in [-0.2, -0.15) is 0 Å². The van der Waals surface area contributed by atoms with Crippen molar-refractivity contribution in [3.8, 4) is 0 Å². The quantitative estimate of drug-likeness (QED) is 0.373. The maximum atomic E-state index is 11.7. The summed E-state index contributed by atoms with van der Waals surface area (Å²) in [6.07, 6.45) is 1.71. The second-order valence-electron chi connectivity index (χ2n) is 3.72. The molecule has 0 aliphatic heterocycles. The lowest BCUT2D eigenvalue weighted by Crippen LogP contribution is -2.37. The van der Waals surface area contributed by atoms with Crippen molar-refractivity contribution < 1.29 is 14.3 Å². The standard InChI is InChI=1S/C13H16ClNO3/c1-2-3-9-18-13(17)11(14)15-12(16)10-7-5-4-6-8-10/h4-8,11H,2-3,9H2,1H3,(H,15,16). The van der Waals surface area contributed by atoms with Gasteiger partial charge in [-0.15, -0.1) is 0 Å². The van der Waals surface area contributed by atoms with Crippen LogP contribution in [0, 0.1) is 0 Å². The molecular formula is C13H16ClNO3. The van der Waals surface area contributed by atoms with E-state index < -0.39 is 17.4 Å². The molecule has 1 aromatic carbocycles. The van der Waals surface area contributed by atoms with Crippen molar-refractivity contribution in [3.05, 3.63) is 35.9 Å². The first-order valence-corrected chi connectivity index (χ1v) is 6.25. The maximum Gasteiger partial charge on any atom is 0.344 e. The predicted octanol–water partition coefficient (Wildman–Crippen LogP) is 2.32. The third-order valence-electron chi connectivity index (χ3n) is 2.24. The van der Waals surface area contributed by atoms with Gasteiger partial charge in [0.25, 0.3) is 5.91 Å². The van der Waals surface area contributed by atoms with Crippen LogP contribution < -0.4 is 5.32 Å². The zero-order valence-corrected chi connectivity index (χ0v) is 10.9. The van der Waals surface area contributed by atoms with Crippen LogP contribution in [-0.4, -0.2) is 24.0 Å². The number of hydrogen-bond donors (Lipinski definition) is 1. The molecule has 98 valence electrons. The van der Waals surface area contributed by atoms with Crippen molar-refractivity contribution in [1.82, 2.24) is 5.32 Å². The number of ether oxygens (including phenoxy) is 1. The Morgan fingerprint density at radius 2 is 2.00 bits per heavy atom. The average Bonchev–Trinajstić information content (AvgIpc) is 2.39. The van der Waals surface area contributed by atoms with E-state index in [1.54, 1.807) is 30.3 Å². The van der Waals surface area contributed by atoms with Gasteiger partial charge >= 0.3 is 5.97 Å². The molecule has 0 aliphatic rings. The van der Waals surface area contributed by atoms with E-state index in [1.165, 1.54) is 0 Å². The van der Waals surface area contributed by atoms with Crippen LogP contribution in [-0.2, 0) is 9.53 Å². The summed E-state index contributed by atoms with van der Waals surface area (Å²) >= 11 is 5.75. The molecule has 0 fully saturated rings. The first-order valence-electron chi connectivity index (χ1n) is 5.81. The van der Waals surface area contributed by atoms with Crippen LogP contribution in [0.2, 0.25) is 0 Å². The summed E-state index contributed by atoms with van der Waals surface area (Å²) in [5, 5.41) is 2.37. The van der Waals surface area contributed by atoms with Gasteiger partial charge in [0.15, 0.2) is 0 Å². The van der Waals surface area contributed by atoms with Crippen LogP contribution in [0.4, 0.5) is 0 Å². The first-order chi connectivity index (χ1) is 8.65. The van der Waals surface area contributed by atoms with Crippen molar-refractivity contribution >= 4 is 23.5 Å². The molecule has 0 aliphatic carbocycles. The molecule has 18 heavy (non-hydrogen) atoms. The molecule has 1 atom stereocenters. The molecule has 0 bridgehead atoms. The fourth-order valence-corrected chi connectivity index (χ4v) is 1.40. The average molecular weight is 270 g/mol. The number of alkyl halides is 1. The predicted molar refractivity (Wildman–Crippen MR) is 69.4 cm³/mol. The molecule has 1 N–H and O–H groups in total. The Kier molecular flexibility index (Phi) is 6.22. The number of rotatable bonds is 6. The molecule has 0 saturated carbocycles. The summed E-state index contributed by atoms with van der Waals surface area (Å²) in [6.45, 7) is 2.31.